The fraction of sp³-hybridized carbons (Fsp3) is 0.409. The zero-order chi connectivity index (χ0) is 19.9. The van der Waals surface area contributed by atoms with Gasteiger partial charge in [-0.25, -0.2) is 0 Å². The number of amides is 1. The van der Waals surface area contributed by atoms with E-state index in [0.717, 1.165) is 31.7 Å². The number of methoxy groups -OCH3 is 1. The van der Waals surface area contributed by atoms with Gasteiger partial charge in [0, 0.05) is 38.4 Å². The third kappa shape index (κ3) is 5.16. The third-order valence-electron chi connectivity index (χ3n) is 5.01. The molecule has 0 aliphatic carbocycles. The number of para-hydroxylation sites is 2. The summed E-state index contributed by atoms with van der Waals surface area (Å²) in [6.07, 6.45) is -0.610. The molecule has 0 spiro atoms. The SMILES string of the molecule is COc1ccccc1O[C@@H](C)C(=O)NCc1ccc(N2CCN(C)CC2)cc1. The fourth-order valence-electron chi connectivity index (χ4n) is 3.18. The van der Waals surface area contributed by atoms with Gasteiger partial charge in [-0.3, -0.25) is 4.79 Å². The van der Waals surface area contributed by atoms with Gasteiger partial charge in [0.15, 0.2) is 17.6 Å². The Balaban J connectivity index is 1.50. The van der Waals surface area contributed by atoms with E-state index < -0.39 is 6.10 Å². The Bertz CT molecular complexity index is 771. The van der Waals surface area contributed by atoms with Crippen LogP contribution in [0.4, 0.5) is 5.69 Å². The second kappa shape index (κ2) is 9.46. The molecule has 1 N–H and O–H groups in total. The molecule has 1 fully saturated rings. The Morgan fingerprint density at radius 1 is 1.04 bits per heavy atom. The number of hydrogen-bond acceptors (Lipinski definition) is 5. The van der Waals surface area contributed by atoms with Gasteiger partial charge < -0.3 is 24.6 Å². The summed E-state index contributed by atoms with van der Waals surface area (Å²) in [5.74, 6) is 1.01. The highest BCUT2D eigenvalue weighted by Gasteiger charge is 2.17. The zero-order valence-corrected chi connectivity index (χ0v) is 16.9. The summed E-state index contributed by atoms with van der Waals surface area (Å²) in [7, 11) is 3.74. The molecule has 6 nitrogen and oxygen atoms in total. The van der Waals surface area contributed by atoms with Crippen molar-refractivity contribution < 1.29 is 14.3 Å². The summed E-state index contributed by atoms with van der Waals surface area (Å²) in [5, 5.41) is 2.94. The first-order chi connectivity index (χ1) is 13.6. The largest absolute Gasteiger partial charge is 0.493 e. The van der Waals surface area contributed by atoms with Crippen molar-refractivity contribution in [3.05, 3.63) is 54.1 Å². The maximum atomic E-state index is 12.4. The molecule has 1 aliphatic rings. The van der Waals surface area contributed by atoms with Crippen molar-refractivity contribution in [2.75, 3.05) is 45.2 Å². The van der Waals surface area contributed by atoms with Gasteiger partial charge in [0.1, 0.15) is 0 Å². The minimum Gasteiger partial charge on any atom is -0.493 e. The number of anilines is 1. The van der Waals surface area contributed by atoms with Crippen molar-refractivity contribution >= 4 is 11.6 Å². The van der Waals surface area contributed by atoms with Crippen LogP contribution in [0.5, 0.6) is 11.5 Å². The molecule has 0 aromatic heterocycles. The minimum atomic E-state index is -0.610. The van der Waals surface area contributed by atoms with Gasteiger partial charge in [-0.1, -0.05) is 24.3 Å². The van der Waals surface area contributed by atoms with Gasteiger partial charge in [-0.2, -0.15) is 0 Å². The number of hydrogen-bond donors (Lipinski definition) is 1. The summed E-state index contributed by atoms with van der Waals surface area (Å²) >= 11 is 0. The van der Waals surface area contributed by atoms with E-state index in [1.54, 1.807) is 20.1 Å². The molecule has 6 heteroatoms. The quantitative estimate of drug-likeness (QED) is 0.796. The average Bonchev–Trinajstić information content (AvgIpc) is 2.73. The number of likely N-dealkylation sites (N-methyl/N-ethyl adjacent to an activating group) is 1. The van der Waals surface area contributed by atoms with Crippen LogP contribution in [0.3, 0.4) is 0 Å². The molecule has 1 aliphatic heterocycles. The number of carbonyl (C=O) groups is 1. The minimum absolute atomic E-state index is 0.158. The van der Waals surface area contributed by atoms with Crippen LogP contribution in [0.1, 0.15) is 12.5 Å². The highest BCUT2D eigenvalue weighted by Crippen LogP contribution is 2.26. The van der Waals surface area contributed by atoms with Crippen molar-refractivity contribution in [2.24, 2.45) is 0 Å². The van der Waals surface area contributed by atoms with E-state index in [2.05, 4.69) is 46.4 Å². The summed E-state index contributed by atoms with van der Waals surface area (Å²) in [6.45, 7) is 6.47. The Morgan fingerprint density at radius 3 is 2.32 bits per heavy atom. The van der Waals surface area contributed by atoms with Crippen LogP contribution in [-0.2, 0) is 11.3 Å². The maximum Gasteiger partial charge on any atom is 0.261 e. The molecule has 0 radical (unpaired) electrons. The van der Waals surface area contributed by atoms with Crippen LogP contribution < -0.4 is 19.7 Å². The molecule has 28 heavy (non-hydrogen) atoms. The normalized spacial score (nSPS) is 15.8. The molecule has 0 bridgehead atoms. The number of carbonyl (C=O) groups excluding carboxylic acids is 1. The van der Waals surface area contributed by atoms with E-state index >= 15 is 0 Å². The number of nitrogens with one attached hydrogen (secondary N) is 1. The lowest BCUT2D eigenvalue weighted by molar-refractivity contribution is -0.127. The van der Waals surface area contributed by atoms with Gasteiger partial charge in [0.05, 0.1) is 7.11 Å². The molecular formula is C22H29N3O3. The molecule has 2 aromatic carbocycles. The molecule has 150 valence electrons. The Kier molecular flexibility index (Phi) is 6.76. The monoisotopic (exact) mass is 383 g/mol. The van der Waals surface area contributed by atoms with E-state index in [0.29, 0.717) is 18.0 Å². The average molecular weight is 383 g/mol. The molecule has 1 amide bonds. The Hall–Kier alpha value is -2.73. The van der Waals surface area contributed by atoms with Crippen molar-refractivity contribution in [3.63, 3.8) is 0 Å². The van der Waals surface area contributed by atoms with E-state index in [1.165, 1.54) is 5.69 Å². The van der Waals surface area contributed by atoms with Crippen LogP contribution in [0.15, 0.2) is 48.5 Å². The standard InChI is InChI=1S/C22H29N3O3/c1-17(28-21-7-5-4-6-20(21)27-3)22(26)23-16-18-8-10-19(11-9-18)25-14-12-24(2)13-15-25/h4-11,17H,12-16H2,1-3H3,(H,23,26)/t17-/m0/s1. The van der Waals surface area contributed by atoms with Crippen LogP contribution in [0, 0.1) is 0 Å². The first kappa shape index (κ1) is 20.0. The van der Waals surface area contributed by atoms with E-state index in [4.69, 9.17) is 9.47 Å². The number of rotatable bonds is 7. The summed E-state index contributed by atoms with van der Waals surface area (Å²) in [6, 6.07) is 15.7. The van der Waals surface area contributed by atoms with Crippen LogP contribution >= 0.6 is 0 Å². The molecule has 1 saturated heterocycles. The van der Waals surface area contributed by atoms with E-state index in [-0.39, 0.29) is 5.91 Å². The first-order valence-corrected chi connectivity index (χ1v) is 9.66. The van der Waals surface area contributed by atoms with Gasteiger partial charge in [0.2, 0.25) is 0 Å². The van der Waals surface area contributed by atoms with Crippen molar-refractivity contribution in [1.82, 2.24) is 10.2 Å². The molecule has 0 unspecified atom stereocenters. The topological polar surface area (TPSA) is 54.0 Å². The summed E-state index contributed by atoms with van der Waals surface area (Å²) in [4.78, 5) is 17.1. The lowest BCUT2D eigenvalue weighted by Crippen LogP contribution is -2.44. The van der Waals surface area contributed by atoms with Crippen molar-refractivity contribution in [3.8, 4) is 11.5 Å². The Labute approximate surface area is 167 Å². The van der Waals surface area contributed by atoms with Gasteiger partial charge in [-0.05, 0) is 43.8 Å². The van der Waals surface area contributed by atoms with Gasteiger partial charge >= 0.3 is 0 Å². The fourth-order valence-corrected chi connectivity index (χ4v) is 3.18. The lowest BCUT2D eigenvalue weighted by atomic mass is 10.1. The van der Waals surface area contributed by atoms with E-state index in [9.17, 15) is 4.79 Å². The van der Waals surface area contributed by atoms with Crippen LogP contribution in [0.2, 0.25) is 0 Å². The second-order valence-corrected chi connectivity index (χ2v) is 7.09. The number of benzene rings is 2. The Morgan fingerprint density at radius 2 is 1.68 bits per heavy atom. The number of nitrogens with zero attached hydrogens (tertiary/aromatic N) is 2. The molecule has 3 rings (SSSR count). The van der Waals surface area contributed by atoms with E-state index in [1.807, 2.05) is 18.2 Å². The molecule has 1 atom stereocenters. The smallest absolute Gasteiger partial charge is 0.261 e. The summed E-state index contributed by atoms with van der Waals surface area (Å²) < 4.78 is 11.0. The summed E-state index contributed by atoms with van der Waals surface area (Å²) in [5.41, 5.74) is 2.30. The predicted molar refractivity (Wildman–Crippen MR) is 111 cm³/mol. The third-order valence-corrected chi connectivity index (χ3v) is 5.01. The van der Waals surface area contributed by atoms with Crippen molar-refractivity contribution in [2.45, 2.75) is 19.6 Å². The molecular weight excluding hydrogens is 354 g/mol. The van der Waals surface area contributed by atoms with Crippen molar-refractivity contribution in [1.29, 1.82) is 0 Å². The predicted octanol–water partition coefficient (Wildman–Crippen LogP) is 2.53. The highest BCUT2D eigenvalue weighted by atomic mass is 16.5. The molecule has 0 saturated carbocycles. The van der Waals surface area contributed by atoms with Crippen LogP contribution in [0.25, 0.3) is 0 Å². The highest BCUT2D eigenvalue weighted by molar-refractivity contribution is 5.80. The van der Waals surface area contributed by atoms with Crippen LogP contribution in [-0.4, -0.2) is 57.2 Å². The molecule has 1 heterocycles. The van der Waals surface area contributed by atoms with Gasteiger partial charge in [-0.15, -0.1) is 0 Å². The van der Waals surface area contributed by atoms with Gasteiger partial charge in [0.25, 0.3) is 5.91 Å². The zero-order valence-electron chi connectivity index (χ0n) is 16.9. The first-order valence-electron chi connectivity index (χ1n) is 9.66. The second-order valence-electron chi connectivity index (χ2n) is 7.09. The maximum absolute atomic E-state index is 12.4. The number of piperazine rings is 1. The number of ether oxygens (including phenoxy) is 2. The lowest BCUT2D eigenvalue weighted by Gasteiger charge is -2.34. The molecule has 2 aromatic rings.